The first kappa shape index (κ1) is 22.9. The van der Waals surface area contributed by atoms with Crippen LogP contribution in [0.25, 0.3) is 0 Å². The summed E-state index contributed by atoms with van der Waals surface area (Å²) >= 11 is 0. The molecule has 0 aliphatic carbocycles. The molecule has 3 rings (SSSR count). The van der Waals surface area contributed by atoms with E-state index in [4.69, 9.17) is 9.47 Å². The Morgan fingerprint density at radius 2 is 1.58 bits per heavy atom. The van der Waals surface area contributed by atoms with E-state index >= 15 is 0 Å². The lowest BCUT2D eigenvalue weighted by Crippen LogP contribution is -2.43. The molecule has 1 aliphatic heterocycles. The number of likely N-dealkylation sites (tertiary alicyclic amines) is 1. The Balaban J connectivity index is 1.98. The summed E-state index contributed by atoms with van der Waals surface area (Å²) in [6.45, 7) is 0.835. The van der Waals surface area contributed by atoms with Crippen molar-refractivity contribution in [3.8, 4) is 11.5 Å². The number of anilines is 1. The minimum Gasteiger partial charge on any atom is -0.493 e. The fraction of sp³-hybridized carbons (Fsp3) is 0.409. The first-order valence-corrected chi connectivity index (χ1v) is 11.6. The van der Waals surface area contributed by atoms with E-state index in [1.807, 2.05) is 0 Å². The van der Waals surface area contributed by atoms with Crippen LogP contribution in [0.2, 0.25) is 0 Å². The Labute approximate surface area is 182 Å². The van der Waals surface area contributed by atoms with Gasteiger partial charge in [0, 0.05) is 19.2 Å². The highest BCUT2D eigenvalue weighted by Crippen LogP contribution is 2.32. The molecule has 0 atom stereocenters. The maximum absolute atomic E-state index is 13.5. The van der Waals surface area contributed by atoms with Crippen LogP contribution in [0.1, 0.15) is 25.7 Å². The molecule has 7 nitrogen and oxygen atoms in total. The number of carbonyl (C=O) groups is 1. The molecule has 1 fully saturated rings. The van der Waals surface area contributed by atoms with Gasteiger partial charge < -0.3 is 14.4 Å². The maximum Gasteiger partial charge on any atom is 0.264 e. The number of benzene rings is 2. The van der Waals surface area contributed by atoms with Crippen molar-refractivity contribution in [3.05, 3.63) is 48.3 Å². The molecule has 1 saturated heterocycles. The summed E-state index contributed by atoms with van der Waals surface area (Å²) in [5.74, 6) is -0.141. The Kier molecular flexibility index (Phi) is 7.37. The summed E-state index contributed by atoms with van der Waals surface area (Å²) < 4.78 is 52.0. The third-order valence-corrected chi connectivity index (χ3v) is 7.07. The van der Waals surface area contributed by atoms with Crippen molar-refractivity contribution >= 4 is 21.6 Å². The van der Waals surface area contributed by atoms with Crippen LogP contribution in [0.3, 0.4) is 0 Å². The average Bonchev–Trinajstić information content (AvgIpc) is 3.07. The lowest BCUT2D eigenvalue weighted by atomic mass is 10.2. The predicted molar refractivity (Wildman–Crippen MR) is 116 cm³/mol. The van der Waals surface area contributed by atoms with E-state index in [0.717, 1.165) is 30.0 Å². The first-order chi connectivity index (χ1) is 14.9. The Bertz CT molecular complexity index is 1000. The number of sulfonamides is 1. The largest absolute Gasteiger partial charge is 0.493 e. The second-order valence-electron chi connectivity index (χ2n) is 7.30. The molecule has 0 radical (unpaired) electrons. The van der Waals surface area contributed by atoms with Crippen LogP contribution in [-0.2, 0) is 14.8 Å². The number of hydrogen-bond acceptors (Lipinski definition) is 5. The number of ether oxygens (including phenoxy) is 2. The molecular weight excluding hydrogens is 423 g/mol. The van der Waals surface area contributed by atoms with Crippen LogP contribution in [0.4, 0.5) is 10.1 Å². The molecule has 168 valence electrons. The quantitative estimate of drug-likeness (QED) is 0.646. The molecule has 0 aromatic heterocycles. The highest BCUT2D eigenvalue weighted by atomic mass is 32.2. The van der Waals surface area contributed by atoms with Crippen molar-refractivity contribution in [2.45, 2.75) is 30.6 Å². The molecular formula is C22H27FN2O5S. The van der Waals surface area contributed by atoms with Crippen LogP contribution >= 0.6 is 0 Å². The Morgan fingerprint density at radius 3 is 2.16 bits per heavy atom. The van der Waals surface area contributed by atoms with E-state index in [1.54, 1.807) is 4.90 Å². The zero-order valence-corrected chi connectivity index (χ0v) is 18.5. The highest BCUT2D eigenvalue weighted by molar-refractivity contribution is 7.92. The Morgan fingerprint density at radius 1 is 0.968 bits per heavy atom. The van der Waals surface area contributed by atoms with Crippen molar-refractivity contribution in [1.29, 1.82) is 0 Å². The van der Waals surface area contributed by atoms with Gasteiger partial charge in [0.2, 0.25) is 5.91 Å². The van der Waals surface area contributed by atoms with Crippen LogP contribution < -0.4 is 13.8 Å². The van der Waals surface area contributed by atoms with Crippen molar-refractivity contribution in [2.75, 3.05) is 38.2 Å². The smallest absolute Gasteiger partial charge is 0.264 e. The topological polar surface area (TPSA) is 76.2 Å². The fourth-order valence-electron chi connectivity index (χ4n) is 3.57. The van der Waals surface area contributed by atoms with Crippen molar-refractivity contribution in [1.82, 2.24) is 4.90 Å². The molecule has 2 aromatic carbocycles. The highest BCUT2D eigenvalue weighted by Gasteiger charge is 2.30. The summed E-state index contributed by atoms with van der Waals surface area (Å²) in [6, 6.07) is 9.27. The van der Waals surface area contributed by atoms with Gasteiger partial charge in [-0.3, -0.25) is 9.10 Å². The molecule has 0 N–H and O–H groups in total. The summed E-state index contributed by atoms with van der Waals surface area (Å²) in [5, 5.41) is 0. The standard InChI is InChI=1S/C22H27FN2O5S/c1-29-20-12-11-19(15-21(20)30-2)31(27,28)25(18-9-7-17(23)8-10-18)16-22(26)24-13-5-3-4-6-14-24/h7-12,15H,3-6,13-14,16H2,1-2H3. The molecule has 0 saturated carbocycles. The molecule has 0 bridgehead atoms. The predicted octanol–water partition coefficient (Wildman–Crippen LogP) is 3.44. The third kappa shape index (κ3) is 5.28. The van der Waals surface area contributed by atoms with Crippen LogP contribution in [-0.4, -0.2) is 53.1 Å². The summed E-state index contributed by atoms with van der Waals surface area (Å²) in [7, 11) is -1.27. The fourth-order valence-corrected chi connectivity index (χ4v) is 5.00. The van der Waals surface area contributed by atoms with Crippen LogP contribution in [0, 0.1) is 5.82 Å². The minimum atomic E-state index is -4.14. The molecule has 0 unspecified atom stereocenters. The van der Waals surface area contributed by atoms with Gasteiger partial charge in [-0.15, -0.1) is 0 Å². The van der Waals surface area contributed by atoms with E-state index in [1.165, 1.54) is 56.7 Å². The van der Waals surface area contributed by atoms with Gasteiger partial charge in [-0.05, 0) is 49.2 Å². The van der Waals surface area contributed by atoms with Gasteiger partial charge in [0.15, 0.2) is 11.5 Å². The van der Waals surface area contributed by atoms with E-state index in [2.05, 4.69) is 0 Å². The zero-order valence-electron chi connectivity index (χ0n) is 17.7. The summed E-state index contributed by atoms with van der Waals surface area (Å²) in [4.78, 5) is 14.6. The maximum atomic E-state index is 13.5. The molecule has 0 spiro atoms. The van der Waals surface area contributed by atoms with E-state index in [9.17, 15) is 17.6 Å². The van der Waals surface area contributed by atoms with Crippen molar-refractivity contribution in [3.63, 3.8) is 0 Å². The number of hydrogen-bond donors (Lipinski definition) is 0. The Hall–Kier alpha value is -2.81. The van der Waals surface area contributed by atoms with Gasteiger partial charge in [0.05, 0.1) is 24.8 Å². The molecule has 9 heteroatoms. The summed E-state index contributed by atoms with van der Waals surface area (Å²) in [5.41, 5.74) is 0.208. The lowest BCUT2D eigenvalue weighted by molar-refractivity contribution is -0.129. The number of amides is 1. The van der Waals surface area contributed by atoms with Gasteiger partial charge in [-0.25, -0.2) is 12.8 Å². The first-order valence-electron chi connectivity index (χ1n) is 10.1. The number of carbonyl (C=O) groups excluding carboxylic acids is 1. The van der Waals surface area contributed by atoms with Gasteiger partial charge >= 0.3 is 0 Å². The number of halogens is 1. The molecule has 2 aromatic rings. The van der Waals surface area contributed by atoms with Gasteiger partial charge in [0.1, 0.15) is 12.4 Å². The normalized spacial score (nSPS) is 14.6. The molecule has 1 heterocycles. The lowest BCUT2D eigenvalue weighted by Gasteiger charge is -2.28. The van der Waals surface area contributed by atoms with E-state index in [-0.39, 0.29) is 28.8 Å². The second kappa shape index (κ2) is 10.00. The third-order valence-electron chi connectivity index (χ3n) is 5.30. The van der Waals surface area contributed by atoms with Crippen LogP contribution in [0.15, 0.2) is 47.4 Å². The van der Waals surface area contributed by atoms with Gasteiger partial charge in [0.25, 0.3) is 10.0 Å². The number of rotatable bonds is 7. The van der Waals surface area contributed by atoms with Crippen molar-refractivity contribution < 1.29 is 27.1 Å². The SMILES string of the molecule is COc1ccc(S(=O)(=O)N(CC(=O)N2CCCCCC2)c2ccc(F)cc2)cc1OC. The average molecular weight is 451 g/mol. The number of methoxy groups -OCH3 is 2. The molecule has 1 aliphatic rings. The molecule has 31 heavy (non-hydrogen) atoms. The van der Waals surface area contributed by atoms with E-state index < -0.39 is 15.8 Å². The van der Waals surface area contributed by atoms with Gasteiger partial charge in [-0.1, -0.05) is 12.8 Å². The van der Waals surface area contributed by atoms with Crippen molar-refractivity contribution in [2.24, 2.45) is 0 Å². The number of nitrogens with zero attached hydrogens (tertiary/aromatic N) is 2. The van der Waals surface area contributed by atoms with Gasteiger partial charge in [-0.2, -0.15) is 0 Å². The second-order valence-corrected chi connectivity index (χ2v) is 9.16. The van der Waals surface area contributed by atoms with Crippen LogP contribution in [0.5, 0.6) is 11.5 Å². The molecule has 1 amide bonds. The minimum absolute atomic E-state index is 0.0573. The van der Waals surface area contributed by atoms with E-state index in [0.29, 0.717) is 18.8 Å². The zero-order chi connectivity index (χ0) is 22.4. The monoisotopic (exact) mass is 450 g/mol. The summed E-state index contributed by atoms with van der Waals surface area (Å²) in [6.07, 6.45) is 3.89.